The number of nitrogens with zero attached hydrogens (tertiary/aromatic N) is 1. The van der Waals surface area contributed by atoms with Crippen LogP contribution in [-0.2, 0) is 6.42 Å². The van der Waals surface area contributed by atoms with Crippen LogP contribution in [-0.4, -0.2) is 0 Å². The van der Waals surface area contributed by atoms with E-state index in [1.807, 2.05) is 6.07 Å². The van der Waals surface area contributed by atoms with E-state index >= 15 is 0 Å². The minimum atomic E-state index is -0.821. The average molecular weight is 363 g/mol. The molecule has 0 fully saturated rings. The van der Waals surface area contributed by atoms with Gasteiger partial charge in [0.05, 0.1) is 0 Å². The van der Waals surface area contributed by atoms with Crippen molar-refractivity contribution in [1.82, 2.24) is 0 Å². The molecule has 0 heterocycles. The third-order valence-electron chi connectivity index (χ3n) is 5.00. The molecular formula is C24H23F2N. The molecular weight excluding hydrogens is 340 g/mol. The van der Waals surface area contributed by atoms with Crippen LogP contribution in [0, 0.1) is 23.0 Å². The fourth-order valence-corrected chi connectivity index (χ4v) is 3.41. The van der Waals surface area contributed by atoms with Crippen molar-refractivity contribution in [3.8, 4) is 17.2 Å². The maximum absolute atomic E-state index is 14.3. The van der Waals surface area contributed by atoms with Crippen LogP contribution in [0.15, 0.2) is 48.5 Å². The van der Waals surface area contributed by atoms with Crippen molar-refractivity contribution < 1.29 is 8.78 Å². The van der Waals surface area contributed by atoms with Gasteiger partial charge in [0, 0.05) is 5.39 Å². The smallest absolute Gasteiger partial charge is 0.151 e. The molecule has 0 atom stereocenters. The molecule has 0 aromatic heterocycles. The number of benzene rings is 3. The Labute approximate surface area is 159 Å². The second-order valence-electron chi connectivity index (χ2n) is 6.96. The van der Waals surface area contributed by atoms with Crippen LogP contribution in [0.3, 0.4) is 0 Å². The second kappa shape index (κ2) is 8.77. The number of fused-ring (bicyclic) bond motifs is 1. The van der Waals surface area contributed by atoms with E-state index in [1.165, 1.54) is 43.7 Å². The summed E-state index contributed by atoms with van der Waals surface area (Å²) in [5, 5.41) is 9.62. The van der Waals surface area contributed by atoms with E-state index in [-0.39, 0.29) is 5.39 Å². The predicted molar refractivity (Wildman–Crippen MR) is 106 cm³/mol. The third kappa shape index (κ3) is 4.34. The Kier molecular flexibility index (Phi) is 6.19. The summed E-state index contributed by atoms with van der Waals surface area (Å²) < 4.78 is 28.2. The van der Waals surface area contributed by atoms with E-state index in [0.717, 1.165) is 17.5 Å². The number of rotatable bonds is 7. The molecule has 3 aromatic rings. The summed E-state index contributed by atoms with van der Waals surface area (Å²) in [6, 6.07) is 16.4. The van der Waals surface area contributed by atoms with E-state index < -0.39 is 17.2 Å². The zero-order chi connectivity index (χ0) is 19.2. The number of aryl methyl sites for hydroxylation is 1. The average Bonchev–Trinajstić information content (AvgIpc) is 2.68. The highest BCUT2D eigenvalue weighted by atomic mass is 19.1. The van der Waals surface area contributed by atoms with Gasteiger partial charge in [-0.05, 0) is 47.1 Å². The summed E-state index contributed by atoms with van der Waals surface area (Å²) in [5.41, 5.74) is 2.70. The van der Waals surface area contributed by atoms with Gasteiger partial charge in [-0.1, -0.05) is 69.0 Å². The Balaban J connectivity index is 1.78. The van der Waals surface area contributed by atoms with Crippen LogP contribution in [0.25, 0.3) is 21.9 Å². The monoisotopic (exact) mass is 363 g/mol. The molecule has 3 rings (SSSR count). The molecule has 0 bridgehead atoms. The van der Waals surface area contributed by atoms with Crippen molar-refractivity contribution in [3.05, 3.63) is 71.3 Å². The lowest BCUT2D eigenvalue weighted by atomic mass is 9.97. The highest BCUT2D eigenvalue weighted by Crippen LogP contribution is 2.29. The van der Waals surface area contributed by atoms with Crippen LogP contribution >= 0.6 is 0 Å². The summed E-state index contributed by atoms with van der Waals surface area (Å²) >= 11 is 0. The first-order chi connectivity index (χ1) is 13.1. The summed E-state index contributed by atoms with van der Waals surface area (Å²) in [6.45, 7) is 2.22. The molecule has 0 amide bonds. The number of hydrogen-bond donors (Lipinski definition) is 0. The van der Waals surface area contributed by atoms with E-state index in [9.17, 15) is 8.78 Å². The van der Waals surface area contributed by atoms with Crippen molar-refractivity contribution in [2.45, 2.75) is 45.4 Å². The van der Waals surface area contributed by atoms with Crippen LogP contribution < -0.4 is 0 Å². The van der Waals surface area contributed by atoms with Gasteiger partial charge in [-0.25, -0.2) is 8.78 Å². The Morgan fingerprint density at radius 3 is 2.26 bits per heavy atom. The summed E-state index contributed by atoms with van der Waals surface area (Å²) in [6.07, 6.45) is 7.41. The minimum Gasteiger partial charge on any atom is -0.205 e. The highest BCUT2D eigenvalue weighted by Gasteiger charge is 2.13. The van der Waals surface area contributed by atoms with Crippen LogP contribution in [0.5, 0.6) is 0 Å². The van der Waals surface area contributed by atoms with Gasteiger partial charge in [-0.3, -0.25) is 0 Å². The Morgan fingerprint density at radius 1 is 0.852 bits per heavy atom. The summed E-state index contributed by atoms with van der Waals surface area (Å²) in [5.74, 6) is -1.62. The molecule has 27 heavy (non-hydrogen) atoms. The van der Waals surface area contributed by atoms with Gasteiger partial charge < -0.3 is 0 Å². The normalized spacial score (nSPS) is 10.9. The van der Waals surface area contributed by atoms with Crippen molar-refractivity contribution in [2.75, 3.05) is 0 Å². The molecule has 0 saturated heterocycles. The molecule has 0 unspecified atom stereocenters. The van der Waals surface area contributed by atoms with Gasteiger partial charge in [0.2, 0.25) is 0 Å². The maximum Gasteiger partial charge on any atom is 0.151 e. The van der Waals surface area contributed by atoms with Gasteiger partial charge in [0.1, 0.15) is 17.4 Å². The van der Waals surface area contributed by atoms with E-state index in [2.05, 4.69) is 31.2 Å². The Bertz CT molecular complexity index is 968. The van der Waals surface area contributed by atoms with Crippen molar-refractivity contribution in [1.29, 1.82) is 5.26 Å². The van der Waals surface area contributed by atoms with Crippen LogP contribution in [0.2, 0.25) is 0 Å². The van der Waals surface area contributed by atoms with Gasteiger partial charge >= 0.3 is 0 Å². The zero-order valence-electron chi connectivity index (χ0n) is 15.6. The number of nitriles is 1. The SMILES string of the molecule is CCCCCCCc1ccc(-c2ccc3c(F)c(C#N)c(F)cc3c2)cc1. The van der Waals surface area contributed by atoms with Crippen molar-refractivity contribution >= 4 is 10.8 Å². The Hall–Kier alpha value is -2.73. The third-order valence-corrected chi connectivity index (χ3v) is 5.00. The quantitative estimate of drug-likeness (QED) is 0.408. The van der Waals surface area contributed by atoms with Crippen LogP contribution in [0.1, 0.15) is 50.2 Å². The molecule has 3 heteroatoms. The lowest BCUT2D eigenvalue weighted by molar-refractivity contribution is 0.585. The molecule has 138 valence electrons. The van der Waals surface area contributed by atoms with Gasteiger partial charge in [0.15, 0.2) is 5.82 Å². The van der Waals surface area contributed by atoms with Gasteiger partial charge in [-0.2, -0.15) is 5.26 Å². The first-order valence-corrected chi connectivity index (χ1v) is 9.55. The van der Waals surface area contributed by atoms with Gasteiger partial charge in [0.25, 0.3) is 0 Å². The van der Waals surface area contributed by atoms with Crippen molar-refractivity contribution in [2.24, 2.45) is 0 Å². The predicted octanol–water partition coefficient (Wildman–Crippen LogP) is 7.17. The largest absolute Gasteiger partial charge is 0.205 e. The van der Waals surface area contributed by atoms with Crippen molar-refractivity contribution in [3.63, 3.8) is 0 Å². The second-order valence-corrected chi connectivity index (χ2v) is 6.96. The van der Waals surface area contributed by atoms with E-state index in [1.54, 1.807) is 18.2 Å². The molecule has 1 nitrogen and oxygen atoms in total. The molecule has 0 aliphatic rings. The molecule has 0 N–H and O–H groups in total. The first kappa shape index (κ1) is 19.0. The molecule has 0 spiro atoms. The zero-order valence-corrected chi connectivity index (χ0v) is 15.6. The molecule has 0 saturated carbocycles. The standard InChI is InChI=1S/C24H23F2N/c1-2-3-4-5-6-7-17-8-10-18(11-9-17)19-12-13-21-20(14-19)15-23(25)22(16-27)24(21)26/h8-15H,2-7H2,1H3. The number of hydrogen-bond acceptors (Lipinski definition) is 1. The molecule has 0 aliphatic heterocycles. The van der Waals surface area contributed by atoms with E-state index in [4.69, 9.17) is 5.26 Å². The number of halogens is 2. The lowest BCUT2D eigenvalue weighted by Gasteiger charge is -2.08. The fourth-order valence-electron chi connectivity index (χ4n) is 3.41. The topological polar surface area (TPSA) is 23.8 Å². The highest BCUT2D eigenvalue weighted by molar-refractivity contribution is 5.89. The Morgan fingerprint density at radius 2 is 1.56 bits per heavy atom. The maximum atomic E-state index is 14.3. The number of unbranched alkanes of at least 4 members (excludes halogenated alkanes) is 4. The first-order valence-electron chi connectivity index (χ1n) is 9.55. The minimum absolute atomic E-state index is 0.264. The summed E-state index contributed by atoms with van der Waals surface area (Å²) in [7, 11) is 0. The van der Waals surface area contributed by atoms with Gasteiger partial charge in [-0.15, -0.1) is 0 Å². The van der Waals surface area contributed by atoms with E-state index in [0.29, 0.717) is 5.39 Å². The van der Waals surface area contributed by atoms with Crippen LogP contribution in [0.4, 0.5) is 8.78 Å². The lowest BCUT2D eigenvalue weighted by Crippen LogP contribution is -1.92. The fraction of sp³-hybridized carbons (Fsp3) is 0.292. The molecule has 3 aromatic carbocycles. The molecule has 0 aliphatic carbocycles. The molecule has 0 radical (unpaired) electrons. The summed E-state index contributed by atoms with van der Waals surface area (Å²) in [4.78, 5) is 0.